The van der Waals surface area contributed by atoms with Gasteiger partial charge in [0, 0.05) is 37.4 Å². The maximum atomic E-state index is 12.5. The van der Waals surface area contributed by atoms with Gasteiger partial charge >= 0.3 is 35.7 Å². The van der Waals surface area contributed by atoms with Gasteiger partial charge in [-0.1, -0.05) is 5.03 Å². The molecule has 8 nitrogen and oxygen atoms in total. The van der Waals surface area contributed by atoms with E-state index in [0.29, 0.717) is 5.03 Å². The number of ether oxygens (including phenoxy) is 1. The van der Waals surface area contributed by atoms with E-state index in [1.165, 1.54) is 0 Å². The minimum absolute atomic E-state index is 0. The molecule has 2 aliphatic rings. The van der Waals surface area contributed by atoms with Crippen molar-refractivity contribution in [2.45, 2.75) is 56.8 Å². The number of hydrogen-bond acceptors (Lipinski definition) is 7. The van der Waals surface area contributed by atoms with Crippen LogP contribution >= 0.6 is 0 Å². The average molecular weight is 425 g/mol. The first-order chi connectivity index (χ1) is 13.3. The smallest absolute Gasteiger partial charge is 0.759 e. The third-order valence-electron chi connectivity index (χ3n) is 5.48. The third-order valence-corrected chi connectivity index (χ3v) is 5.69. The quantitative estimate of drug-likeness (QED) is 0.511. The molecule has 1 saturated heterocycles. The van der Waals surface area contributed by atoms with Gasteiger partial charge in [-0.2, -0.15) is 5.10 Å². The fourth-order valence-corrected chi connectivity index (χ4v) is 4.28. The number of nitrogens with zero attached hydrogens (tertiary/aromatic N) is 5. The van der Waals surface area contributed by atoms with Crippen molar-refractivity contribution in [1.29, 1.82) is 0 Å². The molecule has 150 valence electrons. The molecule has 1 spiro atoms. The first-order valence-corrected chi connectivity index (χ1v) is 9.92. The van der Waals surface area contributed by atoms with Crippen molar-refractivity contribution < 1.29 is 39.1 Å². The molecule has 1 fully saturated rings. The summed E-state index contributed by atoms with van der Waals surface area (Å²) in [4.78, 5) is 23.3. The van der Waals surface area contributed by atoms with Crippen molar-refractivity contribution in [3.63, 3.8) is 0 Å². The van der Waals surface area contributed by atoms with Crippen LogP contribution in [-0.4, -0.2) is 44.5 Å². The Labute approximate surface area is 198 Å². The Morgan fingerprint density at radius 2 is 2.00 bits per heavy atom. The van der Waals surface area contributed by atoms with Crippen LogP contribution in [0.2, 0.25) is 0 Å². The number of aromatic nitrogens is 4. The molecule has 0 radical (unpaired) electrons. The van der Waals surface area contributed by atoms with Crippen molar-refractivity contribution in [1.82, 2.24) is 25.1 Å². The molecule has 0 aliphatic carbocycles. The van der Waals surface area contributed by atoms with Crippen molar-refractivity contribution in [3.8, 4) is 0 Å². The van der Waals surface area contributed by atoms with E-state index in [4.69, 9.17) is 17.4 Å². The summed E-state index contributed by atoms with van der Waals surface area (Å²) in [5.41, 5.74) is 0.423. The van der Waals surface area contributed by atoms with Gasteiger partial charge in [-0.25, -0.2) is 9.78 Å². The van der Waals surface area contributed by atoms with Crippen LogP contribution in [0, 0.1) is 5.41 Å². The van der Waals surface area contributed by atoms with Crippen LogP contribution in [0.5, 0.6) is 0 Å². The van der Waals surface area contributed by atoms with Gasteiger partial charge in [-0.15, -0.1) is 0 Å². The van der Waals surface area contributed by atoms with E-state index in [1.54, 1.807) is 18.6 Å². The van der Waals surface area contributed by atoms with E-state index in [9.17, 15) is 4.79 Å². The molecule has 0 unspecified atom stereocenters. The maximum Gasteiger partial charge on any atom is 1.00 e. The number of anilines is 1. The zero-order valence-corrected chi connectivity index (χ0v) is 20.2. The molecular formula is C19H25N6NaO2S. The molecule has 1 amide bonds. The van der Waals surface area contributed by atoms with Gasteiger partial charge in [-0.3, -0.25) is 9.67 Å². The minimum Gasteiger partial charge on any atom is -0.759 e. The van der Waals surface area contributed by atoms with Crippen molar-refractivity contribution in [2.24, 2.45) is 5.41 Å². The number of rotatable bonds is 2. The molecule has 1 atom stereocenters. The molecule has 1 N–H and O–H groups in total. The van der Waals surface area contributed by atoms with Gasteiger partial charge in [-0.05, 0) is 39.7 Å². The largest absolute Gasteiger partial charge is 1.00 e. The van der Waals surface area contributed by atoms with Gasteiger partial charge in [0.05, 0.1) is 17.9 Å². The molecule has 2 aliphatic heterocycles. The van der Waals surface area contributed by atoms with Crippen molar-refractivity contribution in [3.05, 3.63) is 30.4 Å². The summed E-state index contributed by atoms with van der Waals surface area (Å²) in [5.74, 6) is 0.843. The zero-order chi connectivity index (χ0) is 19.9. The Morgan fingerprint density at radius 1 is 1.28 bits per heavy atom. The van der Waals surface area contributed by atoms with Crippen LogP contribution < -0.4 is 39.8 Å². The maximum absolute atomic E-state index is 12.5. The molecule has 0 aromatic carbocycles. The topological polar surface area (TPSA) is 85.2 Å². The van der Waals surface area contributed by atoms with Gasteiger partial charge in [0.1, 0.15) is 11.4 Å². The predicted octanol–water partition coefficient (Wildman–Crippen LogP) is -0.551. The van der Waals surface area contributed by atoms with E-state index in [2.05, 4.69) is 25.3 Å². The third kappa shape index (κ3) is 4.68. The number of amides is 1. The van der Waals surface area contributed by atoms with Crippen LogP contribution in [0.4, 0.5) is 10.6 Å². The van der Waals surface area contributed by atoms with Gasteiger partial charge < -0.3 is 27.6 Å². The summed E-state index contributed by atoms with van der Waals surface area (Å²) in [6.45, 7) is 8.07. The second-order valence-electron chi connectivity index (χ2n) is 8.56. The van der Waals surface area contributed by atoms with Gasteiger partial charge in [0.25, 0.3) is 0 Å². The molecule has 4 rings (SSSR count). The van der Waals surface area contributed by atoms with E-state index < -0.39 is 5.60 Å². The molecule has 0 bridgehead atoms. The van der Waals surface area contributed by atoms with Crippen LogP contribution in [0.15, 0.2) is 29.7 Å². The molecule has 4 heterocycles. The number of carbonyl (C=O) groups is 1. The number of nitrogens with one attached hydrogen (secondary N) is 1. The van der Waals surface area contributed by atoms with E-state index in [1.807, 2.05) is 31.5 Å². The number of carbonyl (C=O) groups excluding carboxylic acids is 1. The van der Waals surface area contributed by atoms with Crippen LogP contribution in [0.3, 0.4) is 0 Å². The molecule has 2 aromatic heterocycles. The van der Waals surface area contributed by atoms with E-state index in [-0.39, 0.29) is 47.1 Å². The Bertz CT molecular complexity index is 858. The second-order valence-corrected chi connectivity index (χ2v) is 8.97. The van der Waals surface area contributed by atoms with Gasteiger partial charge in [0.15, 0.2) is 0 Å². The normalized spacial score (nSPS) is 20.1. The molecule has 10 heteroatoms. The monoisotopic (exact) mass is 424 g/mol. The summed E-state index contributed by atoms with van der Waals surface area (Å²) < 4.78 is 7.51. The zero-order valence-electron chi connectivity index (χ0n) is 17.4. The number of piperidine rings is 1. The van der Waals surface area contributed by atoms with Crippen LogP contribution in [0.25, 0.3) is 0 Å². The minimum atomic E-state index is -0.533. The molecular weight excluding hydrogens is 399 g/mol. The second kappa shape index (κ2) is 8.37. The Morgan fingerprint density at radius 3 is 2.62 bits per heavy atom. The van der Waals surface area contributed by atoms with E-state index >= 15 is 0 Å². The Hall–Kier alpha value is -1.42. The molecule has 29 heavy (non-hydrogen) atoms. The average Bonchev–Trinajstić information content (AvgIpc) is 3.16. The number of alkyl carbamates (subject to hydrolysis) is 1. The van der Waals surface area contributed by atoms with Crippen LogP contribution in [0.1, 0.15) is 45.3 Å². The summed E-state index contributed by atoms with van der Waals surface area (Å²) in [6, 6.07) is 1.87. The standard InChI is InChI=1S/C19H26N6O2S.Na/c1-18(2,3)27-17(26)23-16-13-4-7-22-25(13)12-19(16)5-8-24(9-6-19)14-10-21-15(28)11-20-14;/h4,7,10-11,16H,5-6,8-9,12H2,1-3H3,(H,21,28)(H,23,26);/q;+1/p-1/t16-;/m1./s1. The van der Waals surface area contributed by atoms with E-state index in [0.717, 1.165) is 44.0 Å². The summed E-state index contributed by atoms with van der Waals surface area (Å²) >= 11 is 5.02. The van der Waals surface area contributed by atoms with Crippen molar-refractivity contribution >= 4 is 24.5 Å². The van der Waals surface area contributed by atoms with Gasteiger partial charge in [0.2, 0.25) is 0 Å². The molecule has 0 saturated carbocycles. The number of fused-ring (bicyclic) bond motifs is 1. The number of hydrogen-bond donors (Lipinski definition) is 1. The fraction of sp³-hybridized carbons (Fsp3) is 0.579. The first kappa shape index (κ1) is 22.3. The SMILES string of the molecule is CC(C)(C)OC(=O)N[C@@H]1c2ccnn2CC12CCN(c1cnc([S-])cn1)CC2.[Na+]. The Balaban J connectivity index is 0.00000240. The van der Waals surface area contributed by atoms with Crippen LogP contribution in [-0.2, 0) is 23.9 Å². The first-order valence-electron chi connectivity index (χ1n) is 9.51. The fourth-order valence-electron chi connectivity index (χ4n) is 4.18. The molecule has 2 aromatic rings. The van der Waals surface area contributed by atoms with Crippen molar-refractivity contribution in [2.75, 3.05) is 18.0 Å². The summed E-state index contributed by atoms with van der Waals surface area (Å²) in [7, 11) is 0. The Kier molecular flexibility index (Phi) is 6.43. The summed E-state index contributed by atoms with van der Waals surface area (Å²) in [6.07, 6.45) is 6.57. The summed E-state index contributed by atoms with van der Waals surface area (Å²) in [5, 5.41) is 8.06. The predicted molar refractivity (Wildman–Crippen MR) is 106 cm³/mol.